The summed E-state index contributed by atoms with van der Waals surface area (Å²) in [5.74, 6) is -0.201. The molecular formula is C18H17FO3. The van der Waals surface area contributed by atoms with E-state index in [1.54, 1.807) is 38.3 Å². The lowest BCUT2D eigenvalue weighted by Gasteiger charge is -2.11. The van der Waals surface area contributed by atoms with Crippen LogP contribution in [0.1, 0.15) is 12.5 Å². The van der Waals surface area contributed by atoms with Crippen LogP contribution in [0.5, 0.6) is 5.75 Å². The van der Waals surface area contributed by atoms with Gasteiger partial charge < -0.3 is 9.47 Å². The number of esters is 1. The van der Waals surface area contributed by atoms with Crippen LogP contribution in [0.3, 0.4) is 0 Å². The Hall–Kier alpha value is -2.62. The first kappa shape index (κ1) is 15.8. The van der Waals surface area contributed by atoms with Gasteiger partial charge in [0.15, 0.2) is 0 Å². The molecule has 0 aliphatic rings. The second-order valence-corrected chi connectivity index (χ2v) is 4.75. The number of hydrogen-bond donors (Lipinski definition) is 0. The van der Waals surface area contributed by atoms with Crippen molar-refractivity contribution in [3.63, 3.8) is 0 Å². The van der Waals surface area contributed by atoms with E-state index in [4.69, 9.17) is 4.74 Å². The van der Waals surface area contributed by atoms with E-state index >= 15 is 0 Å². The monoisotopic (exact) mass is 300 g/mol. The molecule has 0 unspecified atom stereocenters. The summed E-state index contributed by atoms with van der Waals surface area (Å²) in [6, 6.07) is 11.9. The standard InChI is InChI=1S/C18H17FO3/c1-12(10-18(20)22-3)13-8-9-16(19)15(11-13)14-6-4-5-7-17(14)21-2/h4-11H,1-3H3/b12-10+. The molecule has 0 amide bonds. The Morgan fingerprint density at radius 2 is 1.82 bits per heavy atom. The zero-order valence-corrected chi connectivity index (χ0v) is 12.7. The van der Waals surface area contributed by atoms with E-state index in [0.717, 1.165) is 5.56 Å². The van der Waals surface area contributed by atoms with Gasteiger partial charge in [0, 0.05) is 17.2 Å². The number of methoxy groups -OCH3 is 2. The van der Waals surface area contributed by atoms with Crippen LogP contribution in [0.4, 0.5) is 4.39 Å². The van der Waals surface area contributed by atoms with Crippen molar-refractivity contribution in [1.82, 2.24) is 0 Å². The molecule has 0 aliphatic carbocycles. The number of ether oxygens (including phenoxy) is 2. The van der Waals surface area contributed by atoms with Crippen LogP contribution in [0.25, 0.3) is 16.7 Å². The first-order valence-corrected chi connectivity index (χ1v) is 6.76. The van der Waals surface area contributed by atoms with Crippen LogP contribution in [0, 0.1) is 5.82 Å². The smallest absolute Gasteiger partial charge is 0.330 e. The van der Waals surface area contributed by atoms with Crippen molar-refractivity contribution in [3.8, 4) is 16.9 Å². The van der Waals surface area contributed by atoms with E-state index < -0.39 is 5.97 Å². The second-order valence-electron chi connectivity index (χ2n) is 4.75. The van der Waals surface area contributed by atoms with Gasteiger partial charge in [0.05, 0.1) is 14.2 Å². The Morgan fingerprint density at radius 1 is 1.09 bits per heavy atom. The summed E-state index contributed by atoms with van der Waals surface area (Å²) in [5.41, 5.74) is 2.53. The van der Waals surface area contributed by atoms with Gasteiger partial charge in [-0.3, -0.25) is 0 Å². The van der Waals surface area contributed by atoms with Crippen molar-refractivity contribution in [2.24, 2.45) is 0 Å². The Kier molecular flexibility index (Phi) is 4.94. The number of benzene rings is 2. The summed E-state index contributed by atoms with van der Waals surface area (Å²) in [5, 5.41) is 0. The highest BCUT2D eigenvalue weighted by atomic mass is 19.1. The van der Waals surface area contributed by atoms with Gasteiger partial charge in [-0.25, -0.2) is 9.18 Å². The minimum atomic E-state index is -0.444. The molecule has 0 N–H and O–H groups in total. The Bertz CT molecular complexity index is 720. The quantitative estimate of drug-likeness (QED) is 0.630. The number of hydrogen-bond acceptors (Lipinski definition) is 3. The maximum absolute atomic E-state index is 14.2. The zero-order valence-electron chi connectivity index (χ0n) is 12.7. The molecule has 0 saturated carbocycles. The molecule has 0 spiro atoms. The molecule has 0 bridgehead atoms. The molecule has 22 heavy (non-hydrogen) atoms. The molecular weight excluding hydrogens is 283 g/mol. The van der Waals surface area contributed by atoms with Crippen molar-refractivity contribution in [2.75, 3.05) is 14.2 Å². The maximum Gasteiger partial charge on any atom is 0.330 e. The summed E-state index contributed by atoms with van der Waals surface area (Å²) in [6.45, 7) is 1.77. The van der Waals surface area contributed by atoms with Crippen molar-refractivity contribution in [1.29, 1.82) is 0 Å². The molecule has 114 valence electrons. The van der Waals surface area contributed by atoms with E-state index in [1.807, 2.05) is 12.1 Å². The summed E-state index contributed by atoms with van der Waals surface area (Å²) >= 11 is 0. The first-order chi connectivity index (χ1) is 10.6. The molecule has 0 fully saturated rings. The van der Waals surface area contributed by atoms with E-state index in [1.165, 1.54) is 19.3 Å². The predicted molar refractivity (Wildman–Crippen MR) is 84.1 cm³/mol. The molecule has 0 aromatic heterocycles. The third-order valence-electron chi connectivity index (χ3n) is 3.35. The first-order valence-electron chi connectivity index (χ1n) is 6.76. The van der Waals surface area contributed by atoms with Gasteiger partial charge in [-0.1, -0.05) is 24.3 Å². The number of carbonyl (C=O) groups excluding carboxylic acids is 1. The highest BCUT2D eigenvalue weighted by Crippen LogP contribution is 2.33. The van der Waals surface area contributed by atoms with E-state index in [0.29, 0.717) is 22.4 Å². The van der Waals surface area contributed by atoms with Crippen molar-refractivity contribution in [3.05, 3.63) is 59.9 Å². The fourth-order valence-electron chi connectivity index (χ4n) is 2.16. The largest absolute Gasteiger partial charge is 0.496 e. The van der Waals surface area contributed by atoms with Crippen LogP contribution in [-0.4, -0.2) is 20.2 Å². The summed E-state index contributed by atoms with van der Waals surface area (Å²) in [6.07, 6.45) is 1.37. The molecule has 2 aromatic rings. The number of carbonyl (C=O) groups is 1. The number of halogens is 1. The normalized spacial score (nSPS) is 11.2. The van der Waals surface area contributed by atoms with Gasteiger partial charge in [0.2, 0.25) is 0 Å². The maximum atomic E-state index is 14.2. The number of rotatable bonds is 4. The van der Waals surface area contributed by atoms with Gasteiger partial charge in [0.25, 0.3) is 0 Å². The van der Waals surface area contributed by atoms with E-state index in [2.05, 4.69) is 4.74 Å². The Labute approximate surface area is 129 Å². The summed E-state index contributed by atoms with van der Waals surface area (Å²) in [4.78, 5) is 11.3. The zero-order chi connectivity index (χ0) is 16.1. The summed E-state index contributed by atoms with van der Waals surface area (Å²) < 4.78 is 24.1. The van der Waals surface area contributed by atoms with Crippen LogP contribution in [0.15, 0.2) is 48.5 Å². The molecule has 0 heterocycles. The van der Waals surface area contributed by atoms with Gasteiger partial charge in [-0.2, -0.15) is 0 Å². The number of para-hydroxylation sites is 1. The second kappa shape index (κ2) is 6.89. The topological polar surface area (TPSA) is 35.5 Å². The third-order valence-corrected chi connectivity index (χ3v) is 3.35. The highest BCUT2D eigenvalue weighted by Gasteiger charge is 2.12. The average Bonchev–Trinajstić information content (AvgIpc) is 2.55. The minimum Gasteiger partial charge on any atom is -0.496 e. The molecule has 0 saturated heterocycles. The average molecular weight is 300 g/mol. The lowest BCUT2D eigenvalue weighted by atomic mass is 9.98. The van der Waals surface area contributed by atoms with Gasteiger partial charge >= 0.3 is 5.97 Å². The predicted octanol–water partition coefficient (Wildman–Crippen LogP) is 4.08. The number of allylic oxidation sites excluding steroid dienone is 1. The molecule has 3 nitrogen and oxygen atoms in total. The lowest BCUT2D eigenvalue weighted by molar-refractivity contribution is -0.134. The van der Waals surface area contributed by atoms with Gasteiger partial charge in [-0.15, -0.1) is 0 Å². The highest BCUT2D eigenvalue weighted by molar-refractivity contribution is 5.91. The van der Waals surface area contributed by atoms with Crippen molar-refractivity contribution in [2.45, 2.75) is 6.92 Å². The van der Waals surface area contributed by atoms with Crippen LogP contribution in [-0.2, 0) is 9.53 Å². The fourth-order valence-corrected chi connectivity index (χ4v) is 2.16. The molecule has 2 aromatic carbocycles. The van der Waals surface area contributed by atoms with E-state index in [9.17, 15) is 9.18 Å². The molecule has 4 heteroatoms. The SMILES string of the molecule is COC(=O)/C=C(\C)c1ccc(F)c(-c2ccccc2OC)c1. The fraction of sp³-hybridized carbons (Fsp3) is 0.167. The Balaban J connectivity index is 2.52. The molecule has 0 atom stereocenters. The van der Waals surface area contributed by atoms with Crippen molar-refractivity contribution >= 4 is 11.5 Å². The Morgan fingerprint density at radius 3 is 2.50 bits per heavy atom. The van der Waals surface area contributed by atoms with Gasteiger partial charge in [0.1, 0.15) is 11.6 Å². The van der Waals surface area contributed by atoms with Crippen molar-refractivity contribution < 1.29 is 18.7 Å². The van der Waals surface area contributed by atoms with Crippen LogP contribution in [0.2, 0.25) is 0 Å². The van der Waals surface area contributed by atoms with Crippen LogP contribution >= 0.6 is 0 Å². The van der Waals surface area contributed by atoms with Gasteiger partial charge in [-0.05, 0) is 36.3 Å². The van der Waals surface area contributed by atoms with Crippen LogP contribution < -0.4 is 4.74 Å². The molecule has 2 rings (SSSR count). The summed E-state index contributed by atoms with van der Waals surface area (Å²) in [7, 11) is 2.86. The lowest BCUT2D eigenvalue weighted by Crippen LogP contribution is -1.96. The third kappa shape index (κ3) is 3.34. The van der Waals surface area contributed by atoms with E-state index in [-0.39, 0.29) is 5.82 Å². The molecule has 0 radical (unpaired) electrons. The molecule has 0 aliphatic heterocycles. The minimum absolute atomic E-state index is 0.348.